The third-order valence-corrected chi connectivity index (χ3v) is 7.47. The number of fused-ring (bicyclic) bond motifs is 1. The van der Waals surface area contributed by atoms with E-state index in [0.29, 0.717) is 57.4 Å². The van der Waals surface area contributed by atoms with E-state index in [0.717, 1.165) is 19.0 Å². The average Bonchev–Trinajstić information content (AvgIpc) is 3.72. The molecule has 13 heteroatoms. The highest BCUT2D eigenvalue weighted by molar-refractivity contribution is 7.15. The van der Waals surface area contributed by atoms with Gasteiger partial charge >= 0.3 is 0 Å². The summed E-state index contributed by atoms with van der Waals surface area (Å²) in [4.78, 5) is 28.3. The summed E-state index contributed by atoms with van der Waals surface area (Å²) in [5.74, 6) is -1.04. The number of aliphatic hydroxyl groups excluding tert-OH is 1. The molecule has 1 amide bonds. The molecule has 0 unspecified atom stereocenters. The first-order chi connectivity index (χ1) is 19.9. The largest absolute Gasteiger partial charge is 0.493 e. The molecular weight excluding hydrogens is 554 g/mol. The number of hydrogen-bond acceptors (Lipinski definition) is 10. The number of aromatic nitrogens is 3. The van der Waals surface area contributed by atoms with Gasteiger partial charge in [-0.3, -0.25) is 9.69 Å². The minimum atomic E-state index is -1.11. The maximum absolute atomic E-state index is 13.9. The summed E-state index contributed by atoms with van der Waals surface area (Å²) in [6.07, 6.45) is 6.09. The molecule has 4 aromatic rings. The van der Waals surface area contributed by atoms with Crippen LogP contribution in [0.2, 0.25) is 0 Å². The highest BCUT2D eigenvalue weighted by atomic mass is 32.1. The Hall–Kier alpha value is -3.94. The fourth-order valence-electron chi connectivity index (χ4n) is 4.43. The molecule has 0 aliphatic heterocycles. The van der Waals surface area contributed by atoms with E-state index < -0.39 is 17.5 Å². The lowest BCUT2D eigenvalue weighted by Crippen LogP contribution is -2.31. The van der Waals surface area contributed by atoms with Crippen molar-refractivity contribution in [1.29, 1.82) is 0 Å². The van der Waals surface area contributed by atoms with Crippen LogP contribution in [0.5, 0.6) is 11.5 Å². The van der Waals surface area contributed by atoms with Gasteiger partial charge in [-0.15, -0.1) is 11.3 Å². The Morgan fingerprint density at radius 2 is 2.02 bits per heavy atom. The zero-order valence-electron chi connectivity index (χ0n) is 22.4. The van der Waals surface area contributed by atoms with E-state index >= 15 is 0 Å². The van der Waals surface area contributed by atoms with E-state index in [2.05, 4.69) is 30.5 Å². The number of halogens is 2. The monoisotopic (exact) mass is 584 g/mol. The predicted molar refractivity (Wildman–Crippen MR) is 152 cm³/mol. The number of nitrogens with one attached hydrogen (secondary N) is 2. The standard InChI is InChI=1S/C28H30F2N6O4S/c1-39-23-13-19-22(14-24(23)40-11-3-8-36(9-10-37)17-6-7-17)32-16-33-27(19)35-28-31-15-18(41-28)12-25(38)34-21-5-2-4-20(29)26(21)30/h2,4-5,13-17,37H,3,6-12H2,1H3,(H,34,38)(H,31,32,33,35). The van der Waals surface area contributed by atoms with Gasteiger partial charge in [0.25, 0.3) is 0 Å². The molecule has 0 saturated heterocycles. The Balaban J connectivity index is 1.22. The Labute approximate surface area is 239 Å². The molecule has 0 atom stereocenters. The second-order valence-electron chi connectivity index (χ2n) is 9.52. The Kier molecular flexibility index (Phi) is 9.17. The first kappa shape index (κ1) is 28.6. The number of rotatable bonds is 14. The van der Waals surface area contributed by atoms with E-state index in [9.17, 15) is 18.7 Å². The second kappa shape index (κ2) is 13.1. The van der Waals surface area contributed by atoms with Crippen LogP contribution in [0.15, 0.2) is 42.9 Å². The smallest absolute Gasteiger partial charge is 0.229 e. The van der Waals surface area contributed by atoms with Crippen molar-refractivity contribution in [2.45, 2.75) is 31.7 Å². The number of carbonyl (C=O) groups is 1. The van der Waals surface area contributed by atoms with Crippen LogP contribution in [0.25, 0.3) is 10.9 Å². The zero-order valence-corrected chi connectivity index (χ0v) is 23.2. The Bertz CT molecular complexity index is 1520. The molecular formula is C28H30F2N6O4S. The fourth-order valence-corrected chi connectivity index (χ4v) is 5.24. The summed E-state index contributed by atoms with van der Waals surface area (Å²) in [7, 11) is 1.56. The molecule has 41 heavy (non-hydrogen) atoms. The zero-order chi connectivity index (χ0) is 28.8. The first-order valence-electron chi connectivity index (χ1n) is 13.2. The summed E-state index contributed by atoms with van der Waals surface area (Å²) < 4.78 is 38.9. The summed E-state index contributed by atoms with van der Waals surface area (Å²) in [5, 5.41) is 16.0. The highest BCUT2D eigenvalue weighted by Gasteiger charge is 2.28. The van der Waals surface area contributed by atoms with Crippen molar-refractivity contribution in [3.8, 4) is 11.5 Å². The molecule has 0 bridgehead atoms. The van der Waals surface area contributed by atoms with E-state index in [1.165, 1.54) is 48.8 Å². The minimum Gasteiger partial charge on any atom is -0.493 e. The maximum Gasteiger partial charge on any atom is 0.229 e. The molecule has 5 rings (SSSR count). The summed E-state index contributed by atoms with van der Waals surface area (Å²) >= 11 is 1.23. The Morgan fingerprint density at radius 3 is 2.80 bits per heavy atom. The van der Waals surface area contributed by atoms with Gasteiger partial charge in [-0.2, -0.15) is 0 Å². The summed E-state index contributed by atoms with van der Waals surface area (Å²) in [6, 6.07) is 7.78. The Morgan fingerprint density at radius 1 is 1.17 bits per heavy atom. The van der Waals surface area contributed by atoms with Gasteiger partial charge in [0, 0.05) is 41.7 Å². The quantitative estimate of drug-likeness (QED) is 0.184. The first-order valence-corrected chi connectivity index (χ1v) is 14.0. The van der Waals surface area contributed by atoms with Gasteiger partial charge in [0.2, 0.25) is 5.91 Å². The minimum absolute atomic E-state index is 0.0627. The van der Waals surface area contributed by atoms with Crippen molar-refractivity contribution in [3.63, 3.8) is 0 Å². The number of aliphatic hydroxyl groups is 1. The van der Waals surface area contributed by atoms with Crippen LogP contribution in [0.1, 0.15) is 24.1 Å². The van der Waals surface area contributed by atoms with Crippen molar-refractivity contribution in [1.82, 2.24) is 19.9 Å². The number of amides is 1. The summed E-state index contributed by atoms with van der Waals surface area (Å²) in [6.45, 7) is 2.19. The van der Waals surface area contributed by atoms with Crippen LogP contribution in [0.3, 0.4) is 0 Å². The number of methoxy groups -OCH3 is 1. The molecule has 2 heterocycles. The predicted octanol–water partition coefficient (Wildman–Crippen LogP) is 4.52. The topological polar surface area (TPSA) is 122 Å². The maximum atomic E-state index is 13.9. The van der Waals surface area contributed by atoms with Crippen LogP contribution in [-0.2, 0) is 11.2 Å². The number of nitrogens with zero attached hydrogens (tertiary/aromatic N) is 4. The molecule has 1 aliphatic carbocycles. The van der Waals surface area contributed by atoms with Crippen LogP contribution in [0.4, 0.5) is 25.4 Å². The third-order valence-electron chi connectivity index (χ3n) is 6.56. The van der Waals surface area contributed by atoms with E-state index in [4.69, 9.17) is 9.47 Å². The van der Waals surface area contributed by atoms with Gasteiger partial charge in [-0.1, -0.05) is 6.07 Å². The molecule has 0 radical (unpaired) electrons. The van der Waals surface area contributed by atoms with Gasteiger partial charge in [-0.05, 0) is 37.5 Å². The second-order valence-corrected chi connectivity index (χ2v) is 10.6. The molecule has 1 saturated carbocycles. The number of thiazole rings is 1. The fraction of sp³-hybridized carbons (Fsp3) is 0.357. The molecule has 2 aromatic carbocycles. The number of benzene rings is 2. The van der Waals surface area contributed by atoms with Crippen molar-refractivity contribution in [3.05, 3.63) is 59.4 Å². The molecule has 0 spiro atoms. The molecule has 1 aliphatic rings. The molecule has 1 fully saturated rings. The van der Waals surface area contributed by atoms with Crippen molar-refractivity contribution in [2.24, 2.45) is 0 Å². The average molecular weight is 585 g/mol. The van der Waals surface area contributed by atoms with Gasteiger partial charge in [0.05, 0.1) is 37.9 Å². The van der Waals surface area contributed by atoms with E-state index in [1.807, 2.05) is 0 Å². The number of carbonyl (C=O) groups excluding carboxylic acids is 1. The number of hydrogen-bond donors (Lipinski definition) is 3. The van der Waals surface area contributed by atoms with Crippen molar-refractivity contribution in [2.75, 3.05) is 44.0 Å². The van der Waals surface area contributed by atoms with Gasteiger partial charge in [0.1, 0.15) is 12.1 Å². The highest BCUT2D eigenvalue weighted by Crippen LogP contribution is 2.35. The lowest BCUT2D eigenvalue weighted by Gasteiger charge is -2.20. The van der Waals surface area contributed by atoms with Crippen LogP contribution < -0.4 is 20.1 Å². The SMILES string of the molecule is COc1cc2c(Nc3ncc(CC(=O)Nc4cccc(F)c4F)s3)ncnc2cc1OCCCN(CCO)C1CC1. The lowest BCUT2D eigenvalue weighted by atomic mass is 10.2. The summed E-state index contributed by atoms with van der Waals surface area (Å²) in [5.41, 5.74) is 0.427. The molecule has 2 aromatic heterocycles. The van der Waals surface area contributed by atoms with E-state index in [1.54, 1.807) is 19.2 Å². The van der Waals surface area contributed by atoms with Crippen LogP contribution in [-0.4, -0.2) is 70.3 Å². The van der Waals surface area contributed by atoms with Gasteiger partial charge in [0.15, 0.2) is 28.3 Å². The third kappa shape index (κ3) is 7.23. The normalized spacial score (nSPS) is 13.0. The van der Waals surface area contributed by atoms with E-state index in [-0.39, 0.29) is 18.7 Å². The molecule has 10 nitrogen and oxygen atoms in total. The van der Waals surface area contributed by atoms with Crippen molar-refractivity contribution < 1.29 is 28.2 Å². The molecule has 216 valence electrons. The molecule has 3 N–H and O–H groups in total. The van der Waals surface area contributed by atoms with Gasteiger partial charge < -0.3 is 25.2 Å². The van der Waals surface area contributed by atoms with Gasteiger partial charge in [-0.25, -0.2) is 23.7 Å². The van der Waals surface area contributed by atoms with Crippen LogP contribution >= 0.6 is 11.3 Å². The lowest BCUT2D eigenvalue weighted by molar-refractivity contribution is -0.115. The van der Waals surface area contributed by atoms with Crippen LogP contribution in [0, 0.1) is 11.6 Å². The number of ether oxygens (including phenoxy) is 2. The van der Waals surface area contributed by atoms with Crippen molar-refractivity contribution >= 4 is 44.8 Å². The number of anilines is 3.